The number of esters is 1. The molecular weight excluding hydrogens is 280 g/mol. The Balaban J connectivity index is 2.69. The molecule has 22 heavy (non-hydrogen) atoms. The first-order chi connectivity index (χ1) is 10.4. The van der Waals surface area contributed by atoms with Crippen molar-refractivity contribution >= 4 is 16.9 Å². The van der Waals surface area contributed by atoms with Crippen LogP contribution in [0, 0.1) is 6.92 Å². The molecule has 5 heteroatoms. The van der Waals surface area contributed by atoms with Gasteiger partial charge >= 0.3 is 5.97 Å². The van der Waals surface area contributed by atoms with Gasteiger partial charge in [0.15, 0.2) is 0 Å². The summed E-state index contributed by atoms with van der Waals surface area (Å²) in [5.41, 5.74) is 3.69. The molecule has 0 aliphatic rings. The van der Waals surface area contributed by atoms with Crippen LogP contribution in [0.15, 0.2) is 12.1 Å². The summed E-state index contributed by atoms with van der Waals surface area (Å²) in [4.78, 5) is 13.6. The number of quaternary nitrogens is 1. The zero-order valence-electron chi connectivity index (χ0n) is 14.2. The molecule has 1 aromatic carbocycles. The fraction of sp³-hybridized carbons (Fsp3) is 0.471. The highest BCUT2D eigenvalue weighted by atomic mass is 16.5. The third-order valence-corrected chi connectivity index (χ3v) is 3.92. The molecule has 1 aromatic heterocycles. The number of fused-ring (bicyclic) bond motifs is 1. The van der Waals surface area contributed by atoms with E-state index < -0.39 is 0 Å². The largest absolute Gasteiger partial charge is 0.496 e. The van der Waals surface area contributed by atoms with Crippen molar-refractivity contribution in [2.45, 2.75) is 20.4 Å². The van der Waals surface area contributed by atoms with Crippen LogP contribution in [0.5, 0.6) is 5.75 Å². The molecule has 1 heterocycles. The first-order valence-corrected chi connectivity index (χ1v) is 7.52. The molecule has 0 spiro atoms. The van der Waals surface area contributed by atoms with E-state index in [-0.39, 0.29) is 5.97 Å². The van der Waals surface area contributed by atoms with Crippen LogP contribution in [0.2, 0.25) is 0 Å². The number of nitrogens with one attached hydrogen (secondary N) is 1. The number of carbonyl (C=O) groups is 1. The maximum atomic E-state index is 12.3. The van der Waals surface area contributed by atoms with Gasteiger partial charge in [0.1, 0.15) is 12.3 Å². The number of ether oxygens (including phenoxy) is 2. The highest BCUT2D eigenvalue weighted by Crippen LogP contribution is 2.31. The number of carbonyl (C=O) groups excluding carboxylic acids is 1. The van der Waals surface area contributed by atoms with E-state index in [1.165, 1.54) is 4.90 Å². The number of aromatic nitrogens is 1. The van der Waals surface area contributed by atoms with Crippen molar-refractivity contribution < 1.29 is 19.2 Å². The molecule has 0 aliphatic carbocycles. The second-order valence-electron chi connectivity index (χ2n) is 5.80. The molecule has 1 N–H and O–H groups in total. The third kappa shape index (κ3) is 2.81. The summed E-state index contributed by atoms with van der Waals surface area (Å²) in [5, 5.41) is 0.882. The van der Waals surface area contributed by atoms with Crippen molar-refractivity contribution in [3.8, 4) is 5.75 Å². The van der Waals surface area contributed by atoms with Crippen molar-refractivity contribution in [1.29, 1.82) is 0 Å². The molecule has 0 fully saturated rings. The third-order valence-electron chi connectivity index (χ3n) is 3.92. The highest BCUT2D eigenvalue weighted by molar-refractivity contribution is 6.06. The van der Waals surface area contributed by atoms with Crippen LogP contribution < -0.4 is 9.64 Å². The normalized spacial score (nSPS) is 11.2. The van der Waals surface area contributed by atoms with E-state index >= 15 is 0 Å². The molecule has 0 aliphatic heterocycles. The van der Waals surface area contributed by atoms with E-state index in [9.17, 15) is 4.79 Å². The van der Waals surface area contributed by atoms with E-state index in [0.29, 0.717) is 12.2 Å². The molecule has 0 amide bonds. The quantitative estimate of drug-likeness (QED) is 0.847. The van der Waals surface area contributed by atoms with Crippen LogP contribution in [-0.2, 0) is 18.3 Å². The SMILES string of the molecule is CCOC(=O)c1c(C)n(C)c2cc(C[NH+](C)C)c(OC)cc12. The van der Waals surface area contributed by atoms with Crippen LogP contribution >= 0.6 is 0 Å². The minimum atomic E-state index is -0.279. The monoisotopic (exact) mass is 305 g/mol. The average molecular weight is 305 g/mol. The first kappa shape index (κ1) is 16.4. The molecule has 120 valence electrons. The molecule has 0 saturated heterocycles. The zero-order valence-corrected chi connectivity index (χ0v) is 14.2. The predicted molar refractivity (Wildman–Crippen MR) is 86.7 cm³/mol. The fourth-order valence-electron chi connectivity index (χ4n) is 2.80. The molecular formula is C17H25N2O3+. The molecule has 5 nitrogen and oxygen atoms in total. The summed E-state index contributed by atoms with van der Waals surface area (Å²) < 4.78 is 12.8. The Hall–Kier alpha value is -2.01. The van der Waals surface area contributed by atoms with E-state index in [0.717, 1.165) is 34.5 Å². The van der Waals surface area contributed by atoms with Crippen LogP contribution in [0.1, 0.15) is 28.5 Å². The standard InChI is InChI=1S/C17H24N2O3/c1-7-22-17(20)16-11(2)19(5)14-8-12(10-18(3)4)15(21-6)9-13(14)16/h8-9H,7,10H2,1-6H3/p+1. The fourth-order valence-corrected chi connectivity index (χ4v) is 2.80. The number of rotatable bonds is 5. The van der Waals surface area contributed by atoms with Gasteiger partial charge in [-0.2, -0.15) is 0 Å². The van der Waals surface area contributed by atoms with Crippen molar-refractivity contribution in [2.75, 3.05) is 27.8 Å². The molecule has 0 atom stereocenters. The number of aryl methyl sites for hydroxylation is 1. The first-order valence-electron chi connectivity index (χ1n) is 7.52. The molecule has 0 radical (unpaired) electrons. The maximum absolute atomic E-state index is 12.3. The summed E-state index contributed by atoms with van der Waals surface area (Å²) in [6.07, 6.45) is 0. The summed E-state index contributed by atoms with van der Waals surface area (Å²) in [7, 11) is 7.84. The van der Waals surface area contributed by atoms with E-state index in [1.54, 1.807) is 7.11 Å². The summed E-state index contributed by atoms with van der Waals surface area (Å²) in [6, 6.07) is 4.06. The van der Waals surface area contributed by atoms with Crippen molar-refractivity contribution in [1.82, 2.24) is 4.57 Å². The van der Waals surface area contributed by atoms with Gasteiger partial charge in [0, 0.05) is 23.6 Å². The summed E-state index contributed by atoms with van der Waals surface area (Å²) in [5.74, 6) is 0.531. The Morgan fingerprint density at radius 1 is 1.32 bits per heavy atom. The van der Waals surface area contributed by atoms with Crippen molar-refractivity contribution in [3.05, 3.63) is 29.0 Å². The smallest absolute Gasteiger partial charge is 0.340 e. The van der Waals surface area contributed by atoms with Gasteiger partial charge in [0.25, 0.3) is 0 Å². The Morgan fingerprint density at radius 3 is 2.55 bits per heavy atom. The van der Waals surface area contributed by atoms with Gasteiger partial charge in [-0.15, -0.1) is 0 Å². The lowest BCUT2D eigenvalue weighted by molar-refractivity contribution is -0.872. The van der Waals surface area contributed by atoms with Crippen LogP contribution in [0.4, 0.5) is 0 Å². The topological polar surface area (TPSA) is 44.9 Å². The molecule has 2 aromatic rings. The van der Waals surface area contributed by atoms with E-state index in [4.69, 9.17) is 9.47 Å². The minimum absolute atomic E-state index is 0.279. The van der Waals surface area contributed by atoms with Gasteiger partial charge in [-0.25, -0.2) is 4.79 Å². The van der Waals surface area contributed by atoms with Gasteiger partial charge in [0.05, 0.1) is 38.9 Å². The number of hydrogen-bond acceptors (Lipinski definition) is 3. The molecule has 0 bridgehead atoms. The highest BCUT2D eigenvalue weighted by Gasteiger charge is 2.22. The number of benzene rings is 1. The van der Waals surface area contributed by atoms with E-state index in [1.807, 2.05) is 31.5 Å². The lowest BCUT2D eigenvalue weighted by Crippen LogP contribution is -3.04. The van der Waals surface area contributed by atoms with Crippen LogP contribution in [0.3, 0.4) is 0 Å². The Morgan fingerprint density at radius 2 is 2.00 bits per heavy atom. The lowest BCUT2D eigenvalue weighted by Gasteiger charge is -2.12. The number of hydrogen-bond donors (Lipinski definition) is 1. The number of methoxy groups -OCH3 is 1. The minimum Gasteiger partial charge on any atom is -0.496 e. The Kier molecular flexibility index (Phi) is 4.76. The maximum Gasteiger partial charge on any atom is 0.340 e. The second kappa shape index (κ2) is 6.40. The Labute approximate surface area is 131 Å². The van der Waals surface area contributed by atoms with Crippen LogP contribution in [-0.4, -0.2) is 38.3 Å². The molecule has 2 rings (SSSR count). The van der Waals surface area contributed by atoms with Crippen LogP contribution in [0.25, 0.3) is 10.9 Å². The zero-order chi connectivity index (χ0) is 16.4. The van der Waals surface area contributed by atoms with Crippen molar-refractivity contribution in [2.24, 2.45) is 7.05 Å². The molecule has 0 unspecified atom stereocenters. The average Bonchev–Trinajstić information content (AvgIpc) is 2.70. The van der Waals surface area contributed by atoms with Gasteiger partial charge < -0.3 is 18.9 Å². The van der Waals surface area contributed by atoms with E-state index in [2.05, 4.69) is 20.2 Å². The molecule has 0 saturated carbocycles. The van der Waals surface area contributed by atoms with Gasteiger partial charge in [-0.05, 0) is 26.0 Å². The van der Waals surface area contributed by atoms with Crippen molar-refractivity contribution in [3.63, 3.8) is 0 Å². The summed E-state index contributed by atoms with van der Waals surface area (Å²) in [6.45, 7) is 4.98. The summed E-state index contributed by atoms with van der Waals surface area (Å²) >= 11 is 0. The Bertz CT molecular complexity index is 702. The van der Waals surface area contributed by atoms with Gasteiger partial charge in [-0.1, -0.05) is 0 Å². The predicted octanol–water partition coefficient (Wildman–Crippen LogP) is 1.32. The van der Waals surface area contributed by atoms with Gasteiger partial charge in [0.2, 0.25) is 0 Å². The van der Waals surface area contributed by atoms with Gasteiger partial charge in [-0.3, -0.25) is 0 Å². The second-order valence-corrected chi connectivity index (χ2v) is 5.80. The number of nitrogens with zero attached hydrogens (tertiary/aromatic N) is 1. The lowest BCUT2D eigenvalue weighted by atomic mass is 10.1.